The predicted molar refractivity (Wildman–Crippen MR) is 121 cm³/mol. The third-order valence-corrected chi connectivity index (χ3v) is 7.25. The van der Waals surface area contributed by atoms with Gasteiger partial charge in [-0.1, -0.05) is 23.4 Å². The molecule has 0 aliphatic heterocycles. The van der Waals surface area contributed by atoms with Gasteiger partial charge in [0, 0.05) is 22.6 Å². The molecule has 156 valence electrons. The van der Waals surface area contributed by atoms with Crippen LogP contribution in [0.5, 0.6) is 0 Å². The number of nitrogens with one attached hydrogen (secondary N) is 2. The molecule has 0 saturated carbocycles. The normalized spacial score (nSPS) is 13.0. The van der Waals surface area contributed by atoms with Crippen molar-refractivity contribution in [1.82, 2.24) is 14.8 Å². The fourth-order valence-corrected chi connectivity index (χ4v) is 5.43. The monoisotopic (exact) mass is 461 g/mol. The van der Waals surface area contributed by atoms with Gasteiger partial charge in [0.25, 0.3) is 5.91 Å². The number of carbonyl (C=O) groups is 2. The molecule has 2 amide bonds. The van der Waals surface area contributed by atoms with E-state index in [1.54, 1.807) is 35.2 Å². The second kappa shape index (κ2) is 9.20. The number of thiophene rings is 1. The van der Waals surface area contributed by atoms with E-state index in [4.69, 9.17) is 11.6 Å². The lowest BCUT2D eigenvalue weighted by Gasteiger charge is -2.13. The summed E-state index contributed by atoms with van der Waals surface area (Å²) in [4.78, 5) is 26.9. The largest absolute Gasteiger partial charge is 0.322 e. The van der Waals surface area contributed by atoms with Crippen LogP contribution in [0.1, 0.15) is 33.6 Å². The SMILES string of the molecule is Cn1cnnc1SCC(=O)Nc1sc2c(c1C(=O)Nc1ccc(Cl)cc1)CCCC2. The van der Waals surface area contributed by atoms with E-state index in [1.807, 2.05) is 7.05 Å². The first kappa shape index (κ1) is 20.9. The minimum atomic E-state index is -0.215. The van der Waals surface area contributed by atoms with Gasteiger partial charge in [-0.15, -0.1) is 21.5 Å². The number of halogens is 1. The van der Waals surface area contributed by atoms with Gasteiger partial charge in [0.2, 0.25) is 5.91 Å². The molecule has 0 fully saturated rings. The minimum Gasteiger partial charge on any atom is -0.322 e. The number of aromatic nitrogens is 3. The van der Waals surface area contributed by atoms with E-state index in [0.29, 0.717) is 26.4 Å². The lowest BCUT2D eigenvalue weighted by atomic mass is 9.95. The number of carbonyl (C=O) groups excluding carboxylic acids is 2. The molecule has 3 aromatic rings. The molecule has 1 aliphatic rings. The summed E-state index contributed by atoms with van der Waals surface area (Å²) in [7, 11) is 1.83. The summed E-state index contributed by atoms with van der Waals surface area (Å²) in [5.74, 6) is -0.206. The molecule has 0 radical (unpaired) electrons. The lowest BCUT2D eigenvalue weighted by Crippen LogP contribution is -2.19. The number of thioether (sulfide) groups is 1. The quantitative estimate of drug-likeness (QED) is 0.531. The fourth-order valence-electron chi connectivity index (χ4n) is 3.32. The molecule has 0 spiro atoms. The van der Waals surface area contributed by atoms with Crippen LogP contribution < -0.4 is 10.6 Å². The number of hydrogen-bond donors (Lipinski definition) is 2. The highest BCUT2D eigenvalue weighted by Crippen LogP contribution is 2.38. The molecule has 0 saturated heterocycles. The van der Waals surface area contributed by atoms with Gasteiger partial charge in [-0.25, -0.2) is 0 Å². The van der Waals surface area contributed by atoms with E-state index in [1.165, 1.54) is 28.0 Å². The zero-order valence-corrected chi connectivity index (χ0v) is 18.7. The van der Waals surface area contributed by atoms with Crippen molar-refractivity contribution in [3.8, 4) is 0 Å². The van der Waals surface area contributed by atoms with E-state index < -0.39 is 0 Å². The molecule has 1 aliphatic carbocycles. The molecule has 0 unspecified atom stereocenters. The van der Waals surface area contributed by atoms with E-state index >= 15 is 0 Å². The first-order chi connectivity index (χ1) is 14.5. The molecular formula is C20H20ClN5O2S2. The summed E-state index contributed by atoms with van der Waals surface area (Å²) >= 11 is 8.74. The van der Waals surface area contributed by atoms with Gasteiger partial charge in [0.15, 0.2) is 5.16 Å². The first-order valence-electron chi connectivity index (χ1n) is 9.49. The smallest absolute Gasteiger partial charge is 0.258 e. The maximum Gasteiger partial charge on any atom is 0.258 e. The summed E-state index contributed by atoms with van der Waals surface area (Å²) in [5.41, 5.74) is 2.28. The molecule has 4 rings (SSSR count). The maximum atomic E-state index is 13.1. The van der Waals surface area contributed by atoms with Crippen molar-refractivity contribution >= 4 is 57.2 Å². The molecule has 2 aromatic heterocycles. The average Bonchev–Trinajstić information content (AvgIpc) is 3.30. The van der Waals surface area contributed by atoms with Crippen molar-refractivity contribution < 1.29 is 9.59 Å². The highest BCUT2D eigenvalue weighted by Gasteiger charge is 2.26. The van der Waals surface area contributed by atoms with E-state index in [2.05, 4.69) is 20.8 Å². The Hall–Kier alpha value is -2.36. The van der Waals surface area contributed by atoms with Crippen LogP contribution in [-0.4, -0.2) is 32.3 Å². The summed E-state index contributed by atoms with van der Waals surface area (Å²) in [6.45, 7) is 0. The van der Waals surface area contributed by atoms with Crippen molar-refractivity contribution in [3.05, 3.63) is 51.6 Å². The van der Waals surface area contributed by atoms with Crippen LogP contribution in [0.15, 0.2) is 35.7 Å². The summed E-state index contributed by atoms with van der Waals surface area (Å²) in [5, 5.41) is 15.5. The summed E-state index contributed by atoms with van der Waals surface area (Å²) in [6, 6.07) is 6.98. The van der Waals surface area contributed by atoms with Gasteiger partial charge in [0.1, 0.15) is 11.3 Å². The van der Waals surface area contributed by atoms with Crippen LogP contribution in [0, 0.1) is 0 Å². The van der Waals surface area contributed by atoms with Gasteiger partial charge in [-0.3, -0.25) is 9.59 Å². The van der Waals surface area contributed by atoms with Crippen LogP contribution in [0.25, 0.3) is 0 Å². The van der Waals surface area contributed by atoms with E-state index in [0.717, 1.165) is 31.2 Å². The second-order valence-electron chi connectivity index (χ2n) is 6.94. The van der Waals surface area contributed by atoms with E-state index in [-0.39, 0.29) is 17.6 Å². The van der Waals surface area contributed by atoms with Gasteiger partial charge in [-0.05, 0) is 55.5 Å². The fraction of sp³-hybridized carbons (Fsp3) is 0.300. The Labute approximate surface area is 187 Å². The highest BCUT2D eigenvalue weighted by molar-refractivity contribution is 7.99. The lowest BCUT2D eigenvalue weighted by molar-refractivity contribution is -0.113. The Balaban J connectivity index is 1.52. The number of amides is 2. The molecule has 2 heterocycles. The number of nitrogens with zero attached hydrogens (tertiary/aromatic N) is 3. The van der Waals surface area contributed by atoms with Crippen LogP contribution in [-0.2, 0) is 24.7 Å². The zero-order valence-electron chi connectivity index (χ0n) is 16.3. The predicted octanol–water partition coefficient (Wildman–Crippen LogP) is 4.39. The Bertz CT molecular complexity index is 1080. The molecule has 10 heteroatoms. The number of anilines is 2. The first-order valence-corrected chi connectivity index (χ1v) is 11.7. The number of benzene rings is 1. The number of hydrogen-bond acceptors (Lipinski definition) is 6. The van der Waals surface area contributed by atoms with Gasteiger partial charge < -0.3 is 15.2 Å². The molecule has 0 atom stereocenters. The Morgan fingerprint density at radius 1 is 1.20 bits per heavy atom. The third kappa shape index (κ3) is 4.69. The Morgan fingerprint density at radius 2 is 1.97 bits per heavy atom. The molecule has 0 bridgehead atoms. The third-order valence-electron chi connectivity index (χ3n) is 4.76. The van der Waals surface area contributed by atoms with Crippen LogP contribution in [0.3, 0.4) is 0 Å². The average molecular weight is 462 g/mol. The maximum absolute atomic E-state index is 13.1. The van der Waals surface area contributed by atoms with Gasteiger partial charge in [0.05, 0.1) is 11.3 Å². The van der Waals surface area contributed by atoms with Crippen LogP contribution >= 0.6 is 34.7 Å². The van der Waals surface area contributed by atoms with Crippen molar-refractivity contribution in [2.45, 2.75) is 30.8 Å². The molecule has 2 N–H and O–H groups in total. The summed E-state index contributed by atoms with van der Waals surface area (Å²) in [6.07, 6.45) is 5.51. The topological polar surface area (TPSA) is 88.9 Å². The van der Waals surface area contributed by atoms with Crippen LogP contribution in [0.2, 0.25) is 5.02 Å². The minimum absolute atomic E-state index is 0.179. The van der Waals surface area contributed by atoms with Gasteiger partial charge in [-0.2, -0.15) is 0 Å². The van der Waals surface area contributed by atoms with Gasteiger partial charge >= 0.3 is 0 Å². The molecule has 1 aromatic carbocycles. The van der Waals surface area contributed by atoms with Crippen molar-refractivity contribution in [2.24, 2.45) is 7.05 Å². The Morgan fingerprint density at radius 3 is 2.70 bits per heavy atom. The molecule has 30 heavy (non-hydrogen) atoms. The number of aryl methyl sites for hydroxylation is 2. The zero-order chi connectivity index (χ0) is 21.1. The Kier molecular flexibility index (Phi) is 6.40. The van der Waals surface area contributed by atoms with Crippen molar-refractivity contribution in [1.29, 1.82) is 0 Å². The molecule has 7 nitrogen and oxygen atoms in total. The second-order valence-corrected chi connectivity index (χ2v) is 9.42. The van der Waals surface area contributed by atoms with E-state index in [9.17, 15) is 9.59 Å². The molecular weight excluding hydrogens is 442 g/mol. The number of fused-ring (bicyclic) bond motifs is 1. The highest BCUT2D eigenvalue weighted by atomic mass is 35.5. The van der Waals surface area contributed by atoms with Crippen LogP contribution in [0.4, 0.5) is 10.7 Å². The van der Waals surface area contributed by atoms with Crippen molar-refractivity contribution in [3.63, 3.8) is 0 Å². The standard InChI is InChI=1S/C20H20ClN5O2S2/c1-26-11-22-25-20(26)29-10-16(27)24-19-17(14-4-2-3-5-15(14)30-19)18(28)23-13-8-6-12(21)7-9-13/h6-9,11H,2-5,10H2,1H3,(H,23,28)(H,24,27). The van der Waals surface area contributed by atoms with Crippen molar-refractivity contribution in [2.75, 3.05) is 16.4 Å². The number of rotatable bonds is 6. The summed E-state index contributed by atoms with van der Waals surface area (Å²) < 4.78 is 1.76.